The van der Waals surface area contributed by atoms with Crippen LogP contribution in [0.5, 0.6) is 0 Å². The maximum absolute atomic E-state index is 11.8. The van der Waals surface area contributed by atoms with Gasteiger partial charge in [0.1, 0.15) is 0 Å². The van der Waals surface area contributed by atoms with Crippen molar-refractivity contribution in [2.24, 2.45) is 0 Å². The normalized spacial score (nSPS) is 16.6. The van der Waals surface area contributed by atoms with Crippen LogP contribution in [0.15, 0.2) is 0 Å². The predicted molar refractivity (Wildman–Crippen MR) is 69.1 cm³/mol. The van der Waals surface area contributed by atoms with Gasteiger partial charge in [-0.05, 0) is 19.9 Å². The molecule has 1 aliphatic carbocycles. The zero-order valence-corrected chi connectivity index (χ0v) is 11.4. The van der Waals surface area contributed by atoms with Gasteiger partial charge in [0.25, 0.3) is 0 Å². The summed E-state index contributed by atoms with van der Waals surface area (Å²) in [5, 5.41) is 3.05. The lowest BCUT2D eigenvalue weighted by atomic mass is 9.95. The monoisotopic (exact) mass is 256 g/mol. The van der Waals surface area contributed by atoms with Crippen molar-refractivity contribution in [3.05, 3.63) is 0 Å². The molecule has 0 saturated heterocycles. The molecule has 0 unspecified atom stereocenters. The van der Waals surface area contributed by atoms with Gasteiger partial charge in [0, 0.05) is 12.6 Å². The van der Waals surface area contributed by atoms with E-state index >= 15 is 0 Å². The highest BCUT2D eigenvalue weighted by Crippen LogP contribution is 2.17. The number of hydrogen-bond acceptors (Lipinski definition) is 4. The summed E-state index contributed by atoms with van der Waals surface area (Å²) in [7, 11) is 3.21. The maximum Gasteiger partial charge on any atom is 0.306 e. The average Bonchev–Trinajstić information content (AvgIpc) is 2.37. The molecule has 1 saturated carbocycles. The predicted octanol–water partition coefficient (Wildman–Crippen LogP) is 0.930. The summed E-state index contributed by atoms with van der Waals surface area (Å²) in [6.07, 6.45) is 6.22. The van der Waals surface area contributed by atoms with Crippen molar-refractivity contribution in [1.82, 2.24) is 10.2 Å². The van der Waals surface area contributed by atoms with Crippen molar-refractivity contribution >= 4 is 11.9 Å². The third-order valence-electron chi connectivity index (χ3n) is 3.31. The molecule has 104 valence electrons. The third kappa shape index (κ3) is 6.00. The molecule has 1 N–H and O–H groups in total. The van der Waals surface area contributed by atoms with Gasteiger partial charge < -0.3 is 10.1 Å². The molecule has 5 heteroatoms. The number of methoxy groups -OCH3 is 1. The van der Waals surface area contributed by atoms with E-state index in [0.717, 1.165) is 12.8 Å². The summed E-state index contributed by atoms with van der Waals surface area (Å²) < 4.78 is 4.56. The number of amides is 1. The number of nitrogens with zero attached hydrogens (tertiary/aromatic N) is 1. The van der Waals surface area contributed by atoms with E-state index in [0.29, 0.717) is 25.6 Å². The van der Waals surface area contributed by atoms with Crippen molar-refractivity contribution in [2.45, 2.75) is 44.6 Å². The highest BCUT2D eigenvalue weighted by atomic mass is 16.5. The first-order chi connectivity index (χ1) is 8.61. The zero-order valence-electron chi connectivity index (χ0n) is 11.4. The minimum Gasteiger partial charge on any atom is -0.469 e. The third-order valence-corrected chi connectivity index (χ3v) is 3.31. The second kappa shape index (κ2) is 8.08. The molecule has 5 nitrogen and oxygen atoms in total. The van der Waals surface area contributed by atoms with Crippen LogP contribution < -0.4 is 5.32 Å². The maximum atomic E-state index is 11.8. The highest BCUT2D eigenvalue weighted by molar-refractivity contribution is 5.78. The quantitative estimate of drug-likeness (QED) is 0.718. The highest BCUT2D eigenvalue weighted by Gasteiger charge is 2.16. The van der Waals surface area contributed by atoms with E-state index in [1.807, 2.05) is 11.9 Å². The SMILES string of the molecule is COC(=O)CCN(C)CC(=O)NC1CCCCC1. The Balaban J connectivity index is 2.16. The lowest BCUT2D eigenvalue weighted by Crippen LogP contribution is -2.42. The van der Waals surface area contributed by atoms with Gasteiger partial charge in [0.2, 0.25) is 5.91 Å². The van der Waals surface area contributed by atoms with Crippen molar-refractivity contribution in [3.63, 3.8) is 0 Å². The van der Waals surface area contributed by atoms with Crippen LogP contribution in [-0.2, 0) is 14.3 Å². The number of nitrogens with one attached hydrogen (secondary N) is 1. The molecular formula is C13H24N2O3. The molecule has 0 aromatic carbocycles. The fourth-order valence-corrected chi connectivity index (χ4v) is 2.23. The molecule has 1 aliphatic rings. The van der Waals surface area contributed by atoms with Crippen molar-refractivity contribution in [3.8, 4) is 0 Å². The van der Waals surface area contributed by atoms with E-state index in [2.05, 4.69) is 10.1 Å². The van der Waals surface area contributed by atoms with E-state index in [9.17, 15) is 9.59 Å². The summed E-state index contributed by atoms with van der Waals surface area (Å²) >= 11 is 0. The van der Waals surface area contributed by atoms with Gasteiger partial charge in [-0.1, -0.05) is 19.3 Å². The van der Waals surface area contributed by atoms with Crippen LogP contribution >= 0.6 is 0 Å². The van der Waals surface area contributed by atoms with Crippen LogP contribution in [0.2, 0.25) is 0 Å². The Morgan fingerprint density at radius 3 is 2.56 bits per heavy atom. The summed E-state index contributed by atoms with van der Waals surface area (Å²) in [5.41, 5.74) is 0. The summed E-state index contributed by atoms with van der Waals surface area (Å²) in [5.74, 6) is -0.191. The smallest absolute Gasteiger partial charge is 0.306 e. The summed E-state index contributed by atoms with van der Waals surface area (Å²) in [6.45, 7) is 0.887. The molecule has 1 fully saturated rings. The molecule has 0 atom stereocenters. The number of ether oxygens (including phenoxy) is 1. The van der Waals surface area contributed by atoms with E-state index in [1.54, 1.807) is 0 Å². The number of carbonyl (C=O) groups excluding carboxylic acids is 2. The van der Waals surface area contributed by atoms with Crippen LogP contribution in [-0.4, -0.2) is 50.1 Å². The molecule has 0 aromatic heterocycles. The Morgan fingerprint density at radius 2 is 1.94 bits per heavy atom. The number of hydrogen-bond donors (Lipinski definition) is 1. The molecule has 1 rings (SSSR count). The average molecular weight is 256 g/mol. The first-order valence-electron chi connectivity index (χ1n) is 6.66. The van der Waals surface area contributed by atoms with Crippen molar-refractivity contribution in [2.75, 3.05) is 27.2 Å². The van der Waals surface area contributed by atoms with Crippen LogP contribution in [0.1, 0.15) is 38.5 Å². The lowest BCUT2D eigenvalue weighted by Gasteiger charge is -2.24. The standard InChI is InChI=1S/C13H24N2O3/c1-15(9-8-13(17)18-2)10-12(16)14-11-6-4-3-5-7-11/h11H,3-10H2,1-2H3,(H,14,16). The first-order valence-corrected chi connectivity index (χ1v) is 6.66. The Labute approximate surface area is 109 Å². The molecule has 0 aromatic rings. The van der Waals surface area contributed by atoms with Gasteiger partial charge in [0.05, 0.1) is 20.1 Å². The van der Waals surface area contributed by atoms with Gasteiger partial charge in [-0.3, -0.25) is 14.5 Å². The Kier molecular flexibility index (Phi) is 6.72. The van der Waals surface area contributed by atoms with E-state index in [-0.39, 0.29) is 11.9 Å². The molecule has 1 amide bonds. The fraction of sp³-hybridized carbons (Fsp3) is 0.846. The molecule has 0 radical (unpaired) electrons. The minimum atomic E-state index is -0.241. The first kappa shape index (κ1) is 15.0. The molecule has 0 spiro atoms. The zero-order chi connectivity index (χ0) is 13.4. The van der Waals surface area contributed by atoms with E-state index < -0.39 is 0 Å². The molecule has 0 bridgehead atoms. The topological polar surface area (TPSA) is 58.6 Å². The second-order valence-electron chi connectivity index (χ2n) is 4.97. The van der Waals surface area contributed by atoms with Crippen molar-refractivity contribution < 1.29 is 14.3 Å². The lowest BCUT2D eigenvalue weighted by molar-refractivity contribution is -0.141. The summed E-state index contributed by atoms with van der Waals surface area (Å²) in [6, 6.07) is 0.347. The Hall–Kier alpha value is -1.10. The summed E-state index contributed by atoms with van der Waals surface area (Å²) in [4.78, 5) is 24.6. The molecular weight excluding hydrogens is 232 g/mol. The molecule has 0 heterocycles. The number of carbonyl (C=O) groups is 2. The van der Waals surface area contributed by atoms with Gasteiger partial charge in [-0.15, -0.1) is 0 Å². The van der Waals surface area contributed by atoms with E-state index in [1.165, 1.54) is 26.4 Å². The van der Waals surface area contributed by atoms with Gasteiger partial charge in [-0.25, -0.2) is 0 Å². The molecule has 18 heavy (non-hydrogen) atoms. The van der Waals surface area contributed by atoms with Gasteiger partial charge >= 0.3 is 5.97 Å². The number of likely N-dealkylation sites (N-methyl/N-ethyl adjacent to an activating group) is 1. The Bertz CT molecular complexity index is 275. The van der Waals surface area contributed by atoms with E-state index in [4.69, 9.17) is 0 Å². The van der Waals surface area contributed by atoms with Crippen molar-refractivity contribution in [1.29, 1.82) is 0 Å². The van der Waals surface area contributed by atoms with Crippen LogP contribution in [0.25, 0.3) is 0 Å². The molecule has 0 aliphatic heterocycles. The van der Waals surface area contributed by atoms with Gasteiger partial charge in [0.15, 0.2) is 0 Å². The minimum absolute atomic E-state index is 0.0502. The van der Waals surface area contributed by atoms with Gasteiger partial charge in [-0.2, -0.15) is 0 Å². The van der Waals surface area contributed by atoms with Crippen LogP contribution in [0.4, 0.5) is 0 Å². The largest absolute Gasteiger partial charge is 0.469 e. The van der Waals surface area contributed by atoms with Crippen LogP contribution in [0, 0.1) is 0 Å². The Morgan fingerprint density at radius 1 is 1.28 bits per heavy atom. The number of esters is 1. The number of rotatable bonds is 6. The second-order valence-corrected chi connectivity index (χ2v) is 4.97. The fourth-order valence-electron chi connectivity index (χ4n) is 2.23. The van der Waals surface area contributed by atoms with Crippen LogP contribution in [0.3, 0.4) is 0 Å².